The van der Waals surface area contributed by atoms with Crippen molar-refractivity contribution in [2.75, 3.05) is 13.1 Å². The molecule has 1 spiro atoms. The number of piperidine rings is 1. The summed E-state index contributed by atoms with van der Waals surface area (Å²) in [7, 11) is 0. The fraction of sp³-hybridized carbons (Fsp3) is 0.533. The van der Waals surface area contributed by atoms with Gasteiger partial charge in [-0.05, 0) is 42.7 Å². The summed E-state index contributed by atoms with van der Waals surface area (Å²) >= 11 is 0. The first-order valence-electron chi connectivity index (χ1n) is 6.76. The van der Waals surface area contributed by atoms with Crippen LogP contribution in [0.3, 0.4) is 0 Å². The summed E-state index contributed by atoms with van der Waals surface area (Å²) in [5.74, 6) is 0.689. The van der Waals surface area contributed by atoms with Crippen molar-refractivity contribution in [1.29, 1.82) is 5.41 Å². The molecule has 96 valence electrons. The first-order chi connectivity index (χ1) is 8.62. The van der Waals surface area contributed by atoms with E-state index in [2.05, 4.69) is 29.2 Å². The molecule has 1 aliphatic carbocycles. The largest absolute Gasteiger partial charge is 0.361 e. The number of nitrogens with zero attached hydrogens (tertiary/aromatic N) is 1. The van der Waals surface area contributed by atoms with Gasteiger partial charge in [0.1, 0.15) is 0 Å². The average molecular weight is 243 g/mol. The molecule has 3 N–H and O–H groups in total. The highest BCUT2D eigenvalue weighted by atomic mass is 15.2. The van der Waals surface area contributed by atoms with Crippen LogP contribution in [0.1, 0.15) is 36.9 Å². The summed E-state index contributed by atoms with van der Waals surface area (Å²) in [4.78, 5) is 2.17. The molecule has 2 aliphatic rings. The molecule has 0 radical (unpaired) electrons. The Morgan fingerprint density at radius 1 is 1.33 bits per heavy atom. The van der Waals surface area contributed by atoms with Crippen molar-refractivity contribution in [2.24, 2.45) is 11.1 Å². The van der Waals surface area contributed by atoms with Gasteiger partial charge in [-0.1, -0.05) is 24.3 Å². The number of rotatable bonds is 0. The predicted octanol–water partition coefficient (Wildman–Crippen LogP) is 2.32. The van der Waals surface area contributed by atoms with Crippen molar-refractivity contribution in [3.63, 3.8) is 0 Å². The average Bonchev–Trinajstić information content (AvgIpc) is 2.64. The molecule has 0 amide bonds. The van der Waals surface area contributed by atoms with Gasteiger partial charge in [0.05, 0.1) is 5.84 Å². The van der Waals surface area contributed by atoms with Crippen LogP contribution in [0.25, 0.3) is 0 Å². The van der Waals surface area contributed by atoms with Crippen LogP contribution in [0, 0.1) is 10.8 Å². The van der Waals surface area contributed by atoms with Crippen molar-refractivity contribution in [1.82, 2.24) is 4.90 Å². The second-order valence-corrected chi connectivity index (χ2v) is 5.79. The van der Waals surface area contributed by atoms with Crippen molar-refractivity contribution in [3.8, 4) is 0 Å². The number of hydrogen-bond acceptors (Lipinski definition) is 2. The lowest BCUT2D eigenvalue weighted by molar-refractivity contribution is 0.127. The lowest BCUT2D eigenvalue weighted by Gasteiger charge is -2.42. The summed E-state index contributed by atoms with van der Waals surface area (Å²) in [6, 6.07) is 8.79. The minimum Gasteiger partial charge on any atom is -0.361 e. The van der Waals surface area contributed by atoms with Crippen LogP contribution in [0.2, 0.25) is 0 Å². The van der Waals surface area contributed by atoms with Gasteiger partial charge in [0.15, 0.2) is 0 Å². The second kappa shape index (κ2) is 4.09. The molecular formula is C15H21N3. The van der Waals surface area contributed by atoms with Crippen molar-refractivity contribution in [2.45, 2.75) is 32.2 Å². The molecule has 1 aliphatic heterocycles. The molecule has 1 atom stereocenters. The van der Waals surface area contributed by atoms with E-state index < -0.39 is 0 Å². The van der Waals surface area contributed by atoms with Crippen molar-refractivity contribution in [3.05, 3.63) is 35.4 Å². The van der Waals surface area contributed by atoms with Crippen LogP contribution < -0.4 is 5.73 Å². The molecule has 1 unspecified atom stereocenters. The van der Waals surface area contributed by atoms with Gasteiger partial charge < -0.3 is 10.6 Å². The Balaban J connectivity index is 1.82. The van der Waals surface area contributed by atoms with Gasteiger partial charge in [-0.25, -0.2) is 0 Å². The van der Waals surface area contributed by atoms with Gasteiger partial charge in [-0.2, -0.15) is 0 Å². The molecule has 3 heteroatoms. The normalized spacial score (nSPS) is 25.2. The molecule has 0 bridgehead atoms. The van der Waals surface area contributed by atoms with E-state index in [1.807, 2.05) is 6.92 Å². The molecule has 1 fully saturated rings. The summed E-state index contributed by atoms with van der Waals surface area (Å²) < 4.78 is 0. The third-order valence-electron chi connectivity index (χ3n) is 4.83. The zero-order valence-corrected chi connectivity index (χ0v) is 10.9. The number of fused-ring (bicyclic) bond motifs is 1. The van der Waals surface area contributed by atoms with Gasteiger partial charge in [0.25, 0.3) is 0 Å². The van der Waals surface area contributed by atoms with Crippen LogP contribution >= 0.6 is 0 Å². The fourth-order valence-corrected chi connectivity index (χ4v) is 3.59. The molecule has 1 heterocycles. The van der Waals surface area contributed by atoms with Crippen LogP contribution in [-0.4, -0.2) is 23.8 Å². The third kappa shape index (κ3) is 1.65. The molecule has 3 rings (SSSR count). The lowest BCUT2D eigenvalue weighted by Crippen LogP contribution is -2.45. The van der Waals surface area contributed by atoms with Crippen molar-refractivity contribution < 1.29 is 0 Å². The minimum absolute atomic E-state index is 0.182. The number of likely N-dealkylation sites (tertiary alicyclic amines) is 1. The lowest BCUT2D eigenvalue weighted by atomic mass is 9.73. The highest BCUT2D eigenvalue weighted by molar-refractivity contribution is 5.76. The summed E-state index contributed by atoms with van der Waals surface area (Å²) in [6.45, 7) is 3.84. The van der Waals surface area contributed by atoms with Crippen LogP contribution in [-0.2, 0) is 6.42 Å². The van der Waals surface area contributed by atoms with E-state index in [0.29, 0.717) is 5.84 Å². The maximum Gasteiger partial charge on any atom is 0.0925 e. The van der Waals surface area contributed by atoms with Gasteiger partial charge in [0.2, 0.25) is 0 Å². The van der Waals surface area contributed by atoms with E-state index in [-0.39, 0.29) is 11.5 Å². The van der Waals surface area contributed by atoms with Crippen molar-refractivity contribution >= 4 is 5.84 Å². The quantitative estimate of drug-likeness (QED) is 0.543. The Morgan fingerprint density at radius 2 is 2.00 bits per heavy atom. The number of nitrogens with two attached hydrogens (primary N) is 1. The smallest absolute Gasteiger partial charge is 0.0925 e. The standard InChI is InChI=1S/C15H21N3/c1-11(16)18-8-6-15(7-9-18)10-12-4-2-3-5-13(12)14(15)17/h2-5,14,16H,6-10,17H2,1H3. The van der Waals surface area contributed by atoms with Crippen LogP contribution in [0.5, 0.6) is 0 Å². The number of amidine groups is 1. The van der Waals surface area contributed by atoms with Gasteiger partial charge in [-0.15, -0.1) is 0 Å². The van der Waals surface area contributed by atoms with E-state index in [1.165, 1.54) is 11.1 Å². The SMILES string of the molecule is CC(=N)N1CCC2(CC1)Cc1ccccc1C2N. The first-order valence-corrected chi connectivity index (χ1v) is 6.76. The van der Waals surface area contributed by atoms with E-state index in [4.69, 9.17) is 11.1 Å². The molecule has 0 aromatic heterocycles. The fourth-order valence-electron chi connectivity index (χ4n) is 3.59. The van der Waals surface area contributed by atoms with Crippen LogP contribution in [0.15, 0.2) is 24.3 Å². The first kappa shape index (κ1) is 11.7. The van der Waals surface area contributed by atoms with E-state index in [1.54, 1.807) is 0 Å². The second-order valence-electron chi connectivity index (χ2n) is 5.79. The highest BCUT2D eigenvalue weighted by Crippen LogP contribution is 2.50. The zero-order valence-electron chi connectivity index (χ0n) is 10.9. The maximum absolute atomic E-state index is 7.72. The number of benzene rings is 1. The van der Waals surface area contributed by atoms with Gasteiger partial charge in [-0.3, -0.25) is 5.41 Å². The Kier molecular flexibility index (Phi) is 2.67. The van der Waals surface area contributed by atoms with E-state index in [0.717, 1.165) is 32.4 Å². The van der Waals surface area contributed by atoms with Crippen LogP contribution in [0.4, 0.5) is 0 Å². The number of hydrogen-bond donors (Lipinski definition) is 2. The Hall–Kier alpha value is -1.35. The number of nitrogens with one attached hydrogen (secondary N) is 1. The Labute approximate surface area is 108 Å². The highest BCUT2D eigenvalue weighted by Gasteiger charge is 2.45. The zero-order chi connectivity index (χ0) is 12.8. The third-order valence-corrected chi connectivity index (χ3v) is 4.83. The maximum atomic E-state index is 7.72. The predicted molar refractivity (Wildman–Crippen MR) is 73.7 cm³/mol. The molecule has 18 heavy (non-hydrogen) atoms. The molecule has 1 aromatic carbocycles. The summed E-state index contributed by atoms with van der Waals surface area (Å²) in [6.07, 6.45) is 3.34. The monoisotopic (exact) mass is 243 g/mol. The molecule has 3 nitrogen and oxygen atoms in total. The van der Waals surface area contributed by atoms with Gasteiger partial charge >= 0.3 is 0 Å². The molecular weight excluding hydrogens is 222 g/mol. The molecule has 1 aromatic rings. The minimum atomic E-state index is 0.182. The Bertz CT molecular complexity index is 472. The molecule has 1 saturated heterocycles. The molecule has 0 saturated carbocycles. The van der Waals surface area contributed by atoms with E-state index in [9.17, 15) is 0 Å². The topological polar surface area (TPSA) is 53.1 Å². The summed E-state index contributed by atoms with van der Waals surface area (Å²) in [5, 5.41) is 7.72. The summed E-state index contributed by atoms with van der Waals surface area (Å²) in [5.41, 5.74) is 9.53. The van der Waals surface area contributed by atoms with E-state index >= 15 is 0 Å². The Morgan fingerprint density at radius 3 is 2.61 bits per heavy atom. The van der Waals surface area contributed by atoms with Gasteiger partial charge in [0, 0.05) is 19.1 Å².